The molecule has 4 nitrogen and oxygen atoms in total. The summed E-state index contributed by atoms with van der Waals surface area (Å²) in [4.78, 5) is 4.40. The monoisotopic (exact) mass is 314 g/mol. The Morgan fingerprint density at radius 2 is 2.24 bits per heavy atom. The van der Waals surface area contributed by atoms with Gasteiger partial charge in [-0.3, -0.25) is 4.40 Å². The van der Waals surface area contributed by atoms with Crippen LogP contribution in [0.2, 0.25) is 0 Å². The van der Waals surface area contributed by atoms with Crippen molar-refractivity contribution >= 4 is 31.4 Å². The maximum Gasteiger partial charge on any atom is 0.158 e. The first kappa shape index (κ1) is 11.2. The van der Waals surface area contributed by atoms with Gasteiger partial charge in [0, 0.05) is 6.20 Å². The summed E-state index contributed by atoms with van der Waals surface area (Å²) in [6, 6.07) is 5.66. The van der Waals surface area contributed by atoms with Gasteiger partial charge in [-0.2, -0.15) is 0 Å². The molecule has 6 heteroatoms. The first-order valence-corrected chi connectivity index (χ1v) is 7.94. The molecule has 0 aromatic carbocycles. The van der Waals surface area contributed by atoms with Gasteiger partial charge >= 0.3 is 0 Å². The van der Waals surface area contributed by atoms with Crippen LogP contribution >= 0.6 is 15.9 Å². The lowest BCUT2D eigenvalue weighted by molar-refractivity contribution is 0.591. The average Bonchev–Trinajstić information content (AvgIpc) is 2.81. The summed E-state index contributed by atoms with van der Waals surface area (Å²) in [6.07, 6.45) is 3.23. The van der Waals surface area contributed by atoms with Crippen molar-refractivity contribution in [2.24, 2.45) is 0 Å². The summed E-state index contributed by atoms with van der Waals surface area (Å²) in [7, 11) is -2.99. The lowest BCUT2D eigenvalue weighted by atomic mass is 10.2. The molecule has 1 saturated heterocycles. The largest absolute Gasteiger partial charge is 0.294 e. The SMILES string of the molecule is O=S1(=O)CCCC1c1cn2c(Br)cccc2n1. The Kier molecular flexibility index (Phi) is 2.52. The number of hydrogen-bond acceptors (Lipinski definition) is 3. The number of rotatable bonds is 1. The number of aromatic nitrogens is 2. The first-order chi connectivity index (χ1) is 8.08. The fourth-order valence-electron chi connectivity index (χ4n) is 2.27. The molecule has 1 unspecified atom stereocenters. The van der Waals surface area contributed by atoms with Gasteiger partial charge in [0.15, 0.2) is 9.84 Å². The third kappa shape index (κ3) is 1.79. The molecule has 1 atom stereocenters. The maximum absolute atomic E-state index is 11.9. The number of halogens is 1. The van der Waals surface area contributed by atoms with E-state index in [0.29, 0.717) is 12.1 Å². The van der Waals surface area contributed by atoms with Crippen LogP contribution < -0.4 is 0 Å². The highest BCUT2D eigenvalue weighted by molar-refractivity contribution is 9.10. The standard InChI is InChI=1S/C11H11BrN2O2S/c12-10-4-1-5-11-13-8(7-14(10)11)9-3-2-6-17(9,15)16/h1,4-5,7,9H,2-3,6H2. The number of sulfone groups is 1. The Morgan fingerprint density at radius 1 is 1.41 bits per heavy atom. The maximum atomic E-state index is 11.9. The van der Waals surface area contributed by atoms with Crippen molar-refractivity contribution in [1.29, 1.82) is 0 Å². The van der Waals surface area contributed by atoms with E-state index in [1.807, 2.05) is 28.8 Å². The molecule has 2 aromatic rings. The minimum Gasteiger partial charge on any atom is -0.294 e. The third-order valence-electron chi connectivity index (χ3n) is 3.12. The van der Waals surface area contributed by atoms with Crippen LogP contribution in [-0.2, 0) is 9.84 Å². The lowest BCUT2D eigenvalue weighted by Crippen LogP contribution is -2.08. The van der Waals surface area contributed by atoms with Gasteiger partial charge in [0.1, 0.15) is 10.9 Å². The average molecular weight is 315 g/mol. The molecular weight excluding hydrogens is 304 g/mol. The van der Waals surface area contributed by atoms with Crippen molar-refractivity contribution in [1.82, 2.24) is 9.38 Å². The third-order valence-corrected chi connectivity index (χ3v) is 5.97. The molecule has 0 saturated carbocycles. The summed E-state index contributed by atoms with van der Waals surface area (Å²) in [5.41, 5.74) is 1.44. The van der Waals surface area contributed by atoms with Crippen LogP contribution in [0.25, 0.3) is 5.65 Å². The Bertz CT molecular complexity index is 678. The van der Waals surface area contributed by atoms with Crippen LogP contribution in [0.4, 0.5) is 0 Å². The molecule has 90 valence electrons. The molecule has 0 spiro atoms. The normalized spacial score (nSPS) is 23.2. The highest BCUT2D eigenvalue weighted by Crippen LogP contribution is 2.34. The molecule has 2 aromatic heterocycles. The van der Waals surface area contributed by atoms with Crippen molar-refractivity contribution in [3.05, 3.63) is 34.7 Å². The first-order valence-electron chi connectivity index (χ1n) is 5.43. The molecule has 0 N–H and O–H groups in total. The second-order valence-corrected chi connectivity index (χ2v) is 7.36. The van der Waals surface area contributed by atoms with Crippen molar-refractivity contribution in [2.75, 3.05) is 5.75 Å². The van der Waals surface area contributed by atoms with Crippen molar-refractivity contribution < 1.29 is 8.42 Å². The van der Waals surface area contributed by atoms with E-state index in [2.05, 4.69) is 20.9 Å². The molecule has 3 heterocycles. The Labute approximate surface area is 108 Å². The molecule has 0 bridgehead atoms. The molecule has 0 radical (unpaired) electrons. The molecule has 0 aliphatic carbocycles. The number of pyridine rings is 1. The van der Waals surface area contributed by atoms with Gasteiger partial charge in [-0.25, -0.2) is 13.4 Å². The van der Waals surface area contributed by atoms with Crippen molar-refractivity contribution in [3.8, 4) is 0 Å². The molecule has 1 fully saturated rings. The molecule has 0 amide bonds. The minimum atomic E-state index is -2.99. The van der Waals surface area contributed by atoms with E-state index in [9.17, 15) is 8.42 Å². The number of imidazole rings is 1. The minimum absolute atomic E-state index is 0.284. The van der Waals surface area contributed by atoms with Gasteiger partial charge in [0.05, 0.1) is 16.0 Å². The summed E-state index contributed by atoms with van der Waals surface area (Å²) < 4.78 is 26.5. The van der Waals surface area contributed by atoms with Gasteiger partial charge in [-0.15, -0.1) is 0 Å². The van der Waals surface area contributed by atoms with E-state index in [-0.39, 0.29) is 5.75 Å². The van der Waals surface area contributed by atoms with Gasteiger partial charge in [0.25, 0.3) is 0 Å². The van der Waals surface area contributed by atoms with Crippen LogP contribution in [0.1, 0.15) is 23.8 Å². The van der Waals surface area contributed by atoms with Crippen molar-refractivity contribution in [3.63, 3.8) is 0 Å². The van der Waals surface area contributed by atoms with Crippen LogP contribution in [0.5, 0.6) is 0 Å². The topological polar surface area (TPSA) is 51.4 Å². The van der Waals surface area contributed by atoms with Crippen LogP contribution in [0.3, 0.4) is 0 Å². The lowest BCUT2D eigenvalue weighted by Gasteiger charge is -2.03. The van der Waals surface area contributed by atoms with E-state index < -0.39 is 15.1 Å². The molecule has 1 aliphatic rings. The second kappa shape index (κ2) is 3.81. The highest BCUT2D eigenvalue weighted by Gasteiger charge is 2.34. The predicted molar refractivity (Wildman–Crippen MR) is 68.7 cm³/mol. The summed E-state index contributed by atoms with van der Waals surface area (Å²) in [6.45, 7) is 0. The van der Waals surface area contributed by atoms with Gasteiger partial charge in [0.2, 0.25) is 0 Å². The predicted octanol–water partition coefficient (Wildman–Crippen LogP) is 2.35. The van der Waals surface area contributed by atoms with E-state index in [4.69, 9.17) is 0 Å². The number of hydrogen-bond donors (Lipinski definition) is 0. The summed E-state index contributed by atoms with van der Waals surface area (Å²) >= 11 is 3.42. The fraction of sp³-hybridized carbons (Fsp3) is 0.364. The molecule has 1 aliphatic heterocycles. The Morgan fingerprint density at radius 3 is 2.88 bits per heavy atom. The summed E-state index contributed by atoms with van der Waals surface area (Å²) in [5, 5.41) is -0.422. The summed E-state index contributed by atoms with van der Waals surface area (Å²) in [5.74, 6) is 0.284. The number of fused-ring (bicyclic) bond motifs is 1. The quantitative estimate of drug-likeness (QED) is 0.759. The molecule has 3 rings (SSSR count). The van der Waals surface area contributed by atoms with Gasteiger partial charge in [-0.05, 0) is 40.9 Å². The van der Waals surface area contributed by atoms with Gasteiger partial charge in [-0.1, -0.05) is 6.07 Å². The van der Waals surface area contributed by atoms with E-state index >= 15 is 0 Å². The van der Waals surface area contributed by atoms with Gasteiger partial charge < -0.3 is 0 Å². The zero-order valence-corrected chi connectivity index (χ0v) is 11.4. The zero-order chi connectivity index (χ0) is 12.0. The smallest absolute Gasteiger partial charge is 0.158 e. The molecular formula is C11H11BrN2O2S. The van der Waals surface area contributed by atoms with E-state index in [1.54, 1.807) is 0 Å². The fourth-order valence-corrected chi connectivity index (χ4v) is 4.57. The molecule has 17 heavy (non-hydrogen) atoms. The Balaban J connectivity index is 2.16. The van der Waals surface area contributed by atoms with E-state index in [1.165, 1.54) is 0 Å². The second-order valence-electron chi connectivity index (χ2n) is 4.24. The van der Waals surface area contributed by atoms with Crippen LogP contribution in [0.15, 0.2) is 29.0 Å². The number of nitrogens with zero attached hydrogens (tertiary/aromatic N) is 2. The highest BCUT2D eigenvalue weighted by atomic mass is 79.9. The van der Waals surface area contributed by atoms with Crippen molar-refractivity contribution in [2.45, 2.75) is 18.1 Å². The van der Waals surface area contributed by atoms with Crippen LogP contribution in [0, 0.1) is 0 Å². The Hall–Kier alpha value is -0.880. The zero-order valence-electron chi connectivity index (χ0n) is 9.01. The van der Waals surface area contributed by atoms with E-state index in [0.717, 1.165) is 16.7 Å². The van der Waals surface area contributed by atoms with Crippen LogP contribution in [-0.4, -0.2) is 23.6 Å².